The maximum atomic E-state index is 7.81. The second kappa shape index (κ2) is 12.7. The SMILES string of the molecule is [C-]#[N+]c1ccc2c(c1)c1c(c3ccccc32)C(C)(C)c2cc(-c3cc(-c4cccnc4)cc(-c4cc(-c5ccccc5)nc(-c5ccccc5)n4)c3)ccc2-1. The fourth-order valence-electron chi connectivity index (χ4n) is 8.48. The van der Waals surface area contributed by atoms with Crippen molar-refractivity contribution in [2.75, 3.05) is 0 Å². The van der Waals surface area contributed by atoms with E-state index in [2.05, 4.69) is 133 Å². The molecule has 7 aromatic carbocycles. The van der Waals surface area contributed by atoms with E-state index in [-0.39, 0.29) is 5.41 Å². The van der Waals surface area contributed by atoms with Crippen LogP contribution in [0.5, 0.6) is 0 Å². The highest BCUT2D eigenvalue weighted by Crippen LogP contribution is 2.55. The van der Waals surface area contributed by atoms with E-state index < -0.39 is 0 Å². The van der Waals surface area contributed by atoms with Gasteiger partial charge in [-0.1, -0.05) is 129 Å². The Bertz CT molecular complexity index is 2940. The molecule has 0 N–H and O–H groups in total. The van der Waals surface area contributed by atoms with Crippen LogP contribution in [0.4, 0.5) is 5.69 Å². The normalized spacial score (nSPS) is 12.7. The Morgan fingerprint density at radius 1 is 0.491 bits per heavy atom. The molecule has 9 aromatic rings. The van der Waals surface area contributed by atoms with Crippen LogP contribution in [0.15, 0.2) is 170 Å². The third kappa shape index (κ3) is 5.40. The molecule has 0 fully saturated rings. The molecule has 55 heavy (non-hydrogen) atoms. The van der Waals surface area contributed by atoms with Gasteiger partial charge in [0, 0.05) is 40.1 Å². The Morgan fingerprint density at radius 3 is 1.85 bits per heavy atom. The summed E-state index contributed by atoms with van der Waals surface area (Å²) < 4.78 is 0. The van der Waals surface area contributed by atoms with E-state index in [1.807, 2.05) is 60.9 Å². The monoisotopic (exact) mass is 702 g/mol. The average molecular weight is 703 g/mol. The summed E-state index contributed by atoms with van der Waals surface area (Å²) in [6.45, 7) is 12.5. The van der Waals surface area contributed by atoms with Crippen molar-refractivity contribution in [3.05, 3.63) is 193 Å². The van der Waals surface area contributed by atoms with Crippen molar-refractivity contribution in [1.82, 2.24) is 15.0 Å². The third-order valence-corrected chi connectivity index (χ3v) is 11.1. The first kappa shape index (κ1) is 32.4. The molecular weight excluding hydrogens is 669 g/mol. The van der Waals surface area contributed by atoms with Crippen molar-refractivity contribution in [2.45, 2.75) is 19.3 Å². The predicted octanol–water partition coefficient (Wildman–Crippen LogP) is 13.4. The third-order valence-electron chi connectivity index (χ3n) is 11.1. The van der Waals surface area contributed by atoms with Gasteiger partial charge >= 0.3 is 0 Å². The highest BCUT2D eigenvalue weighted by atomic mass is 14.9. The Morgan fingerprint density at radius 2 is 1.13 bits per heavy atom. The number of hydrogen-bond acceptors (Lipinski definition) is 3. The minimum Gasteiger partial charge on any atom is -0.264 e. The van der Waals surface area contributed by atoms with E-state index >= 15 is 0 Å². The lowest BCUT2D eigenvalue weighted by molar-refractivity contribution is 0.667. The first-order valence-electron chi connectivity index (χ1n) is 18.5. The van der Waals surface area contributed by atoms with Crippen LogP contribution in [0.25, 0.3) is 93.7 Å². The summed E-state index contributed by atoms with van der Waals surface area (Å²) in [5, 5.41) is 4.79. The number of aromatic nitrogens is 3. The van der Waals surface area contributed by atoms with Gasteiger partial charge in [0.05, 0.1) is 18.0 Å². The fourth-order valence-corrected chi connectivity index (χ4v) is 8.48. The van der Waals surface area contributed by atoms with Crippen molar-refractivity contribution in [1.29, 1.82) is 0 Å². The Labute approximate surface area is 320 Å². The maximum absolute atomic E-state index is 7.81. The summed E-state index contributed by atoms with van der Waals surface area (Å²) in [6, 6.07) is 55.2. The summed E-state index contributed by atoms with van der Waals surface area (Å²) in [5.74, 6) is 0.683. The van der Waals surface area contributed by atoms with Crippen molar-refractivity contribution in [3.63, 3.8) is 0 Å². The minimum atomic E-state index is -0.284. The van der Waals surface area contributed by atoms with Crippen molar-refractivity contribution in [3.8, 4) is 67.3 Å². The van der Waals surface area contributed by atoms with Gasteiger partial charge in [0.1, 0.15) is 0 Å². The smallest absolute Gasteiger partial charge is 0.187 e. The van der Waals surface area contributed by atoms with Crippen LogP contribution >= 0.6 is 0 Å². The highest BCUT2D eigenvalue weighted by Gasteiger charge is 2.38. The molecule has 2 aromatic heterocycles. The molecule has 1 aliphatic carbocycles. The standard InChI is InChI=1S/C51H34N4/c1-51(2)45-28-34(20-22-43(45)48-44-29-39(52-3)21-23-41(44)40-18-10-11-19-42(40)49(48)51)36-25-37(35-17-12-24-53-31-35)27-38(26-36)47-30-46(32-13-6-4-7-14-32)54-50(55-47)33-15-8-5-9-16-33/h4-31H,1-2H3. The zero-order valence-electron chi connectivity index (χ0n) is 30.5. The lowest BCUT2D eigenvalue weighted by Crippen LogP contribution is -2.15. The lowest BCUT2D eigenvalue weighted by Gasteiger charge is -2.24. The van der Waals surface area contributed by atoms with Gasteiger partial charge in [0.2, 0.25) is 0 Å². The molecule has 0 atom stereocenters. The van der Waals surface area contributed by atoms with E-state index in [4.69, 9.17) is 16.5 Å². The number of rotatable bonds is 5. The molecule has 4 nitrogen and oxygen atoms in total. The molecule has 0 saturated carbocycles. The molecule has 1 aliphatic rings. The van der Waals surface area contributed by atoms with Crippen molar-refractivity contribution < 1.29 is 0 Å². The molecule has 0 amide bonds. The van der Waals surface area contributed by atoms with E-state index in [0.717, 1.165) is 55.7 Å². The zero-order valence-corrected chi connectivity index (χ0v) is 30.5. The quantitative estimate of drug-likeness (QED) is 0.132. The van der Waals surface area contributed by atoms with Gasteiger partial charge in [-0.3, -0.25) is 4.98 Å². The van der Waals surface area contributed by atoms with Crippen LogP contribution in [-0.2, 0) is 5.41 Å². The fraction of sp³-hybridized carbons (Fsp3) is 0.0588. The molecule has 0 saturated heterocycles. The van der Waals surface area contributed by atoms with Crippen molar-refractivity contribution in [2.24, 2.45) is 0 Å². The van der Waals surface area contributed by atoms with E-state index in [9.17, 15) is 0 Å². The van der Waals surface area contributed by atoms with Gasteiger partial charge in [0.25, 0.3) is 0 Å². The second-order valence-corrected chi connectivity index (χ2v) is 14.8. The number of fused-ring (bicyclic) bond motifs is 8. The van der Waals surface area contributed by atoms with E-state index in [1.54, 1.807) is 0 Å². The summed E-state index contributed by atoms with van der Waals surface area (Å²) >= 11 is 0. The first-order valence-corrected chi connectivity index (χ1v) is 18.5. The molecule has 2 heterocycles. The van der Waals surface area contributed by atoms with Gasteiger partial charge in [-0.2, -0.15) is 0 Å². The molecule has 0 unspecified atom stereocenters. The molecule has 4 heteroatoms. The summed E-state index contributed by atoms with van der Waals surface area (Å²) in [7, 11) is 0. The molecule has 0 radical (unpaired) electrons. The molecule has 10 rings (SSSR count). The van der Waals surface area contributed by atoms with Gasteiger partial charge in [-0.05, 0) is 103 Å². The number of benzene rings is 7. The number of hydrogen-bond donors (Lipinski definition) is 0. The molecule has 0 bridgehead atoms. The summed E-state index contributed by atoms with van der Waals surface area (Å²) in [6.07, 6.45) is 3.73. The van der Waals surface area contributed by atoms with Gasteiger partial charge < -0.3 is 0 Å². The van der Waals surface area contributed by atoms with Crippen LogP contribution in [-0.4, -0.2) is 15.0 Å². The topological polar surface area (TPSA) is 43.0 Å². The van der Waals surface area contributed by atoms with Crippen molar-refractivity contribution >= 4 is 27.2 Å². The molecule has 0 spiro atoms. The largest absolute Gasteiger partial charge is 0.264 e. The van der Waals surface area contributed by atoms with Gasteiger partial charge in [-0.15, -0.1) is 0 Å². The maximum Gasteiger partial charge on any atom is 0.187 e. The van der Waals surface area contributed by atoms with Crippen LogP contribution in [0.1, 0.15) is 25.0 Å². The van der Waals surface area contributed by atoms with Crippen LogP contribution in [0.3, 0.4) is 0 Å². The zero-order chi connectivity index (χ0) is 37.1. The van der Waals surface area contributed by atoms with Crippen LogP contribution < -0.4 is 0 Å². The lowest BCUT2D eigenvalue weighted by atomic mass is 9.78. The minimum absolute atomic E-state index is 0.284. The highest BCUT2D eigenvalue weighted by molar-refractivity contribution is 6.19. The molecule has 0 aliphatic heterocycles. The summed E-state index contributed by atoms with van der Waals surface area (Å²) in [4.78, 5) is 18.6. The Hall–Kier alpha value is -7.22. The Kier molecular flexibility index (Phi) is 7.50. The van der Waals surface area contributed by atoms with E-state index in [0.29, 0.717) is 11.5 Å². The number of pyridine rings is 1. The molecule has 258 valence electrons. The van der Waals surface area contributed by atoms with Crippen LogP contribution in [0.2, 0.25) is 0 Å². The summed E-state index contributed by atoms with van der Waals surface area (Å²) in [5.41, 5.74) is 14.5. The van der Waals surface area contributed by atoms with Gasteiger partial charge in [0.15, 0.2) is 11.5 Å². The van der Waals surface area contributed by atoms with E-state index in [1.165, 1.54) is 38.4 Å². The molecular formula is C51H34N4. The average Bonchev–Trinajstić information content (AvgIpc) is 3.50. The second-order valence-electron chi connectivity index (χ2n) is 14.8. The first-order chi connectivity index (χ1) is 27.0. The van der Waals surface area contributed by atoms with Gasteiger partial charge in [-0.25, -0.2) is 14.8 Å². The predicted molar refractivity (Wildman–Crippen MR) is 226 cm³/mol. The number of nitrogens with zero attached hydrogens (tertiary/aromatic N) is 4. The van der Waals surface area contributed by atoms with Crippen LogP contribution in [0, 0.1) is 6.57 Å². The Balaban J connectivity index is 1.19.